The number of amides is 2. The monoisotopic (exact) mass is 319 g/mol. The van der Waals surface area contributed by atoms with Gasteiger partial charge in [-0.1, -0.05) is 0 Å². The first-order valence-electron chi connectivity index (χ1n) is 8.03. The van der Waals surface area contributed by atoms with Crippen LogP contribution in [-0.2, 0) is 4.79 Å². The third-order valence-corrected chi connectivity index (χ3v) is 4.28. The van der Waals surface area contributed by atoms with E-state index in [1.165, 1.54) is 0 Å². The second kappa shape index (κ2) is 7.97. The molecule has 4 N–H and O–H groups in total. The second-order valence-corrected chi connectivity index (χ2v) is 6.09. The van der Waals surface area contributed by atoms with Gasteiger partial charge < -0.3 is 21.1 Å². The molecule has 1 aliphatic heterocycles. The average molecular weight is 319 g/mol. The first-order valence-corrected chi connectivity index (χ1v) is 8.03. The molecule has 1 fully saturated rings. The molecule has 0 saturated carbocycles. The van der Waals surface area contributed by atoms with Gasteiger partial charge in [-0.3, -0.25) is 9.59 Å². The van der Waals surface area contributed by atoms with E-state index in [-0.39, 0.29) is 11.9 Å². The van der Waals surface area contributed by atoms with Crippen LogP contribution in [0.5, 0.6) is 5.75 Å². The van der Waals surface area contributed by atoms with Gasteiger partial charge in [0.15, 0.2) is 0 Å². The number of benzene rings is 1. The van der Waals surface area contributed by atoms with Crippen LogP contribution in [0, 0.1) is 5.92 Å². The third-order valence-electron chi connectivity index (χ3n) is 4.28. The molecule has 1 heterocycles. The normalized spacial score (nSPS) is 19.2. The van der Waals surface area contributed by atoms with E-state index < -0.39 is 5.91 Å². The van der Waals surface area contributed by atoms with Crippen LogP contribution in [0.15, 0.2) is 24.3 Å². The molecule has 0 aromatic heterocycles. The van der Waals surface area contributed by atoms with Gasteiger partial charge in [0.25, 0.3) is 0 Å². The van der Waals surface area contributed by atoms with Gasteiger partial charge in [0.2, 0.25) is 11.8 Å². The molecule has 1 aliphatic rings. The Kier molecular flexibility index (Phi) is 5.98. The van der Waals surface area contributed by atoms with Crippen molar-refractivity contribution in [3.05, 3.63) is 29.8 Å². The highest BCUT2D eigenvalue weighted by molar-refractivity contribution is 5.92. The minimum Gasteiger partial charge on any atom is -0.493 e. The molecule has 0 aliphatic carbocycles. The Bertz CT molecular complexity index is 543. The quantitative estimate of drug-likeness (QED) is 0.821. The first-order chi connectivity index (χ1) is 11.0. The molecule has 0 radical (unpaired) electrons. The van der Waals surface area contributed by atoms with E-state index in [0.717, 1.165) is 25.9 Å². The zero-order chi connectivity index (χ0) is 16.8. The fraction of sp³-hybridized carbons (Fsp3) is 0.529. The lowest BCUT2D eigenvalue weighted by Crippen LogP contribution is -2.45. The number of primary amides is 1. The number of carbonyl (C=O) groups excluding carboxylic acids is 2. The lowest BCUT2D eigenvalue weighted by Gasteiger charge is -2.34. The molecule has 1 aromatic carbocycles. The number of carbonyl (C=O) groups is 2. The van der Waals surface area contributed by atoms with Crippen molar-refractivity contribution in [2.75, 3.05) is 19.7 Å². The predicted octanol–water partition coefficient (Wildman–Crippen LogP) is 1.14. The van der Waals surface area contributed by atoms with Crippen molar-refractivity contribution in [3.8, 4) is 5.75 Å². The summed E-state index contributed by atoms with van der Waals surface area (Å²) in [6.07, 6.45) is 2.43. The molecule has 126 valence electrons. The highest BCUT2D eigenvalue weighted by atomic mass is 16.5. The number of likely N-dealkylation sites (tertiary alicyclic amines) is 1. The van der Waals surface area contributed by atoms with E-state index in [2.05, 4.69) is 0 Å². The lowest BCUT2D eigenvalue weighted by molar-refractivity contribution is -0.133. The van der Waals surface area contributed by atoms with Gasteiger partial charge in [-0.2, -0.15) is 0 Å². The summed E-state index contributed by atoms with van der Waals surface area (Å²) in [6.45, 7) is 3.85. The van der Waals surface area contributed by atoms with Crippen LogP contribution in [-0.4, -0.2) is 42.5 Å². The number of nitrogens with zero attached hydrogens (tertiary/aromatic N) is 1. The van der Waals surface area contributed by atoms with Gasteiger partial charge in [0.05, 0.1) is 13.0 Å². The van der Waals surface area contributed by atoms with Gasteiger partial charge in [-0.05, 0) is 49.9 Å². The Morgan fingerprint density at radius 2 is 2.04 bits per heavy atom. The summed E-state index contributed by atoms with van der Waals surface area (Å²) < 4.78 is 5.55. The molecule has 6 nitrogen and oxygen atoms in total. The number of hydrogen-bond donors (Lipinski definition) is 2. The van der Waals surface area contributed by atoms with E-state index >= 15 is 0 Å². The van der Waals surface area contributed by atoms with E-state index in [0.29, 0.717) is 30.3 Å². The molecule has 23 heavy (non-hydrogen) atoms. The van der Waals surface area contributed by atoms with Gasteiger partial charge in [-0.15, -0.1) is 0 Å². The maximum Gasteiger partial charge on any atom is 0.248 e. The summed E-state index contributed by atoms with van der Waals surface area (Å²) in [5.41, 5.74) is 11.6. The van der Waals surface area contributed by atoms with Crippen LogP contribution in [0.3, 0.4) is 0 Å². The fourth-order valence-electron chi connectivity index (χ4n) is 2.80. The largest absolute Gasteiger partial charge is 0.493 e. The maximum absolute atomic E-state index is 12.2. The summed E-state index contributed by atoms with van der Waals surface area (Å²) >= 11 is 0. The minimum atomic E-state index is -0.472. The topological polar surface area (TPSA) is 98.7 Å². The Labute approximate surface area is 136 Å². The van der Waals surface area contributed by atoms with Crippen molar-refractivity contribution in [3.63, 3.8) is 0 Å². The second-order valence-electron chi connectivity index (χ2n) is 6.09. The van der Waals surface area contributed by atoms with Crippen LogP contribution in [0.2, 0.25) is 0 Å². The number of hydrogen-bond acceptors (Lipinski definition) is 4. The van der Waals surface area contributed by atoms with Crippen LogP contribution < -0.4 is 16.2 Å². The highest BCUT2D eigenvalue weighted by Gasteiger charge is 2.25. The fourth-order valence-corrected chi connectivity index (χ4v) is 2.80. The summed E-state index contributed by atoms with van der Waals surface area (Å²) in [5, 5.41) is 0. The van der Waals surface area contributed by atoms with Crippen molar-refractivity contribution in [2.45, 2.75) is 32.2 Å². The number of piperidine rings is 1. The Hall–Kier alpha value is -2.08. The molecule has 0 bridgehead atoms. The van der Waals surface area contributed by atoms with Crippen molar-refractivity contribution >= 4 is 11.8 Å². The first kappa shape index (κ1) is 17.3. The van der Waals surface area contributed by atoms with Gasteiger partial charge in [-0.25, -0.2) is 0 Å². The van der Waals surface area contributed by atoms with Crippen LogP contribution >= 0.6 is 0 Å². The standard InChI is InChI=1S/C17H25N3O3/c1-12(18)14-3-2-9-20(11-14)16(21)8-10-23-15-6-4-13(5-7-15)17(19)22/h4-7,12,14H,2-3,8-11,18H2,1H3,(H2,19,22). The Morgan fingerprint density at radius 3 is 2.65 bits per heavy atom. The molecular formula is C17H25N3O3. The number of nitrogens with two attached hydrogens (primary N) is 2. The molecular weight excluding hydrogens is 294 g/mol. The van der Waals surface area contributed by atoms with E-state index in [9.17, 15) is 9.59 Å². The van der Waals surface area contributed by atoms with E-state index in [1.807, 2.05) is 11.8 Å². The molecule has 2 atom stereocenters. The van der Waals surface area contributed by atoms with E-state index in [4.69, 9.17) is 16.2 Å². The molecule has 2 unspecified atom stereocenters. The summed E-state index contributed by atoms with van der Waals surface area (Å²) in [7, 11) is 0. The summed E-state index contributed by atoms with van der Waals surface area (Å²) in [5.74, 6) is 0.634. The minimum absolute atomic E-state index is 0.101. The van der Waals surface area contributed by atoms with Gasteiger partial charge in [0.1, 0.15) is 5.75 Å². The Balaban J connectivity index is 1.77. The Morgan fingerprint density at radius 1 is 1.35 bits per heavy atom. The molecule has 0 spiro atoms. The number of rotatable bonds is 6. The molecule has 2 amide bonds. The average Bonchev–Trinajstić information content (AvgIpc) is 2.55. The van der Waals surface area contributed by atoms with Gasteiger partial charge in [0, 0.05) is 24.7 Å². The summed E-state index contributed by atoms with van der Waals surface area (Å²) in [6, 6.07) is 6.69. The zero-order valence-electron chi connectivity index (χ0n) is 13.5. The zero-order valence-corrected chi connectivity index (χ0v) is 13.5. The van der Waals surface area contributed by atoms with Gasteiger partial charge >= 0.3 is 0 Å². The maximum atomic E-state index is 12.2. The predicted molar refractivity (Wildman–Crippen MR) is 88.0 cm³/mol. The van der Waals surface area contributed by atoms with Crippen molar-refractivity contribution < 1.29 is 14.3 Å². The summed E-state index contributed by atoms with van der Waals surface area (Å²) in [4.78, 5) is 25.1. The highest BCUT2D eigenvalue weighted by Crippen LogP contribution is 2.19. The molecule has 6 heteroatoms. The van der Waals surface area contributed by atoms with Crippen molar-refractivity contribution in [1.29, 1.82) is 0 Å². The van der Waals surface area contributed by atoms with E-state index in [1.54, 1.807) is 24.3 Å². The third kappa shape index (κ3) is 4.96. The SMILES string of the molecule is CC(N)C1CCCN(C(=O)CCOc2ccc(C(N)=O)cc2)C1. The number of ether oxygens (including phenoxy) is 1. The van der Waals surface area contributed by atoms with Crippen LogP contribution in [0.25, 0.3) is 0 Å². The van der Waals surface area contributed by atoms with Crippen molar-refractivity contribution in [1.82, 2.24) is 4.90 Å². The molecule has 2 rings (SSSR count). The molecule has 1 aromatic rings. The smallest absolute Gasteiger partial charge is 0.248 e. The molecule has 1 saturated heterocycles. The van der Waals surface area contributed by atoms with Crippen LogP contribution in [0.1, 0.15) is 36.5 Å². The van der Waals surface area contributed by atoms with Crippen LogP contribution in [0.4, 0.5) is 0 Å². The lowest BCUT2D eigenvalue weighted by atomic mass is 9.92. The van der Waals surface area contributed by atoms with Crippen molar-refractivity contribution in [2.24, 2.45) is 17.4 Å².